The Kier molecular flexibility index (Phi) is 4.30. The molecule has 0 atom stereocenters. The van der Waals surface area contributed by atoms with Gasteiger partial charge in [-0.2, -0.15) is 0 Å². The molecule has 27 heavy (non-hydrogen) atoms. The highest BCUT2D eigenvalue weighted by Crippen LogP contribution is 2.26. The minimum atomic E-state index is -0.177. The zero-order valence-corrected chi connectivity index (χ0v) is 16.3. The monoisotopic (exact) mass is 366 g/mol. The molecule has 0 fully saturated rings. The molecule has 1 aliphatic rings. The first-order chi connectivity index (χ1) is 12.8. The Hall–Kier alpha value is -2.60. The second-order valence-corrected chi connectivity index (χ2v) is 8.28. The predicted molar refractivity (Wildman–Crippen MR) is 106 cm³/mol. The van der Waals surface area contributed by atoms with Crippen LogP contribution in [-0.4, -0.2) is 33.5 Å². The van der Waals surface area contributed by atoms with Crippen molar-refractivity contribution in [3.8, 4) is 5.75 Å². The molecule has 4 rings (SSSR count). The molecule has 1 aromatic carbocycles. The van der Waals surface area contributed by atoms with E-state index in [2.05, 4.69) is 47.9 Å². The molecular weight excluding hydrogens is 340 g/mol. The van der Waals surface area contributed by atoms with Gasteiger partial charge >= 0.3 is 0 Å². The third kappa shape index (κ3) is 3.37. The molecule has 0 aliphatic carbocycles. The number of aromatic nitrogens is 3. The first kappa shape index (κ1) is 17.8. The summed E-state index contributed by atoms with van der Waals surface area (Å²) in [5.41, 5.74) is 3.92. The SMILES string of the molecule is COc1ccc2[nH]cc(CN3CCc4c(nc(C(C)(C)C)[nH]c4=O)C3)c2c1. The minimum absolute atomic E-state index is 0.0152. The summed E-state index contributed by atoms with van der Waals surface area (Å²) in [4.78, 5) is 25.9. The summed E-state index contributed by atoms with van der Waals surface area (Å²) in [6.07, 6.45) is 2.79. The molecule has 6 nitrogen and oxygen atoms in total. The van der Waals surface area contributed by atoms with Gasteiger partial charge < -0.3 is 14.7 Å². The van der Waals surface area contributed by atoms with E-state index in [1.54, 1.807) is 7.11 Å². The normalized spacial score (nSPS) is 15.1. The van der Waals surface area contributed by atoms with Crippen LogP contribution < -0.4 is 10.3 Å². The van der Waals surface area contributed by atoms with Gasteiger partial charge in [-0.25, -0.2) is 4.98 Å². The van der Waals surface area contributed by atoms with Crippen LogP contribution in [-0.2, 0) is 24.9 Å². The highest BCUT2D eigenvalue weighted by atomic mass is 16.5. The minimum Gasteiger partial charge on any atom is -0.497 e. The van der Waals surface area contributed by atoms with Gasteiger partial charge in [-0.3, -0.25) is 9.69 Å². The number of methoxy groups -OCH3 is 1. The van der Waals surface area contributed by atoms with E-state index in [0.29, 0.717) is 6.54 Å². The molecule has 2 aromatic heterocycles. The fraction of sp³-hybridized carbons (Fsp3) is 0.429. The standard InChI is InChI=1S/C21H26N4O2/c1-21(2,3)20-23-18-12-25(8-7-15(18)19(26)24-20)11-13-10-22-17-6-5-14(27-4)9-16(13)17/h5-6,9-10,22H,7-8,11-12H2,1-4H3,(H,23,24,26). The van der Waals surface area contributed by atoms with Gasteiger partial charge in [0.25, 0.3) is 5.56 Å². The third-order valence-electron chi connectivity index (χ3n) is 5.23. The summed E-state index contributed by atoms with van der Waals surface area (Å²) in [5.74, 6) is 1.61. The Labute approximate surface area is 158 Å². The summed E-state index contributed by atoms with van der Waals surface area (Å²) in [5, 5.41) is 1.18. The summed E-state index contributed by atoms with van der Waals surface area (Å²) in [6, 6.07) is 6.07. The van der Waals surface area contributed by atoms with Gasteiger partial charge in [0.2, 0.25) is 0 Å². The zero-order chi connectivity index (χ0) is 19.2. The Morgan fingerprint density at radius 3 is 2.85 bits per heavy atom. The number of H-pyrrole nitrogens is 2. The number of aromatic amines is 2. The first-order valence-corrected chi connectivity index (χ1v) is 9.34. The third-order valence-corrected chi connectivity index (χ3v) is 5.23. The highest BCUT2D eigenvalue weighted by Gasteiger charge is 2.25. The quantitative estimate of drug-likeness (QED) is 0.747. The number of benzene rings is 1. The molecule has 3 aromatic rings. The van der Waals surface area contributed by atoms with E-state index in [4.69, 9.17) is 9.72 Å². The van der Waals surface area contributed by atoms with Gasteiger partial charge in [-0.1, -0.05) is 20.8 Å². The largest absolute Gasteiger partial charge is 0.497 e. The number of hydrogen-bond donors (Lipinski definition) is 2. The van der Waals surface area contributed by atoms with Crippen molar-refractivity contribution in [2.45, 2.75) is 45.7 Å². The second kappa shape index (κ2) is 6.53. The molecule has 3 heterocycles. The number of ether oxygens (including phenoxy) is 1. The van der Waals surface area contributed by atoms with Crippen LogP contribution in [0.2, 0.25) is 0 Å². The van der Waals surface area contributed by atoms with Crippen LogP contribution in [0.25, 0.3) is 10.9 Å². The number of fused-ring (bicyclic) bond motifs is 2. The van der Waals surface area contributed by atoms with Gasteiger partial charge in [0.05, 0.1) is 12.8 Å². The summed E-state index contributed by atoms with van der Waals surface area (Å²) in [7, 11) is 1.69. The number of rotatable bonds is 3. The lowest BCUT2D eigenvalue weighted by molar-refractivity contribution is 0.240. The lowest BCUT2D eigenvalue weighted by Crippen LogP contribution is -2.36. The van der Waals surface area contributed by atoms with Crippen LogP contribution in [0.4, 0.5) is 0 Å². The number of hydrogen-bond acceptors (Lipinski definition) is 4. The van der Waals surface area contributed by atoms with Crippen LogP contribution >= 0.6 is 0 Å². The Balaban J connectivity index is 1.62. The van der Waals surface area contributed by atoms with E-state index in [0.717, 1.165) is 47.9 Å². The van der Waals surface area contributed by atoms with Crippen molar-refractivity contribution >= 4 is 10.9 Å². The lowest BCUT2D eigenvalue weighted by Gasteiger charge is -2.28. The molecule has 0 saturated heterocycles. The molecule has 0 radical (unpaired) electrons. The summed E-state index contributed by atoms with van der Waals surface area (Å²) in [6.45, 7) is 8.56. The topological polar surface area (TPSA) is 74.0 Å². The average molecular weight is 366 g/mol. The van der Waals surface area contributed by atoms with Crippen molar-refractivity contribution in [2.24, 2.45) is 0 Å². The summed E-state index contributed by atoms with van der Waals surface area (Å²) < 4.78 is 5.37. The Morgan fingerprint density at radius 2 is 2.11 bits per heavy atom. The van der Waals surface area contributed by atoms with Crippen molar-refractivity contribution in [3.63, 3.8) is 0 Å². The van der Waals surface area contributed by atoms with Crippen LogP contribution in [0.5, 0.6) is 5.75 Å². The average Bonchev–Trinajstić information content (AvgIpc) is 3.02. The molecule has 142 valence electrons. The van der Waals surface area contributed by atoms with E-state index in [9.17, 15) is 4.79 Å². The van der Waals surface area contributed by atoms with Gasteiger partial charge in [-0.05, 0) is 30.2 Å². The van der Waals surface area contributed by atoms with E-state index in [1.165, 1.54) is 10.9 Å². The smallest absolute Gasteiger partial charge is 0.254 e. The van der Waals surface area contributed by atoms with E-state index in [-0.39, 0.29) is 11.0 Å². The van der Waals surface area contributed by atoms with Crippen molar-refractivity contribution < 1.29 is 4.74 Å². The first-order valence-electron chi connectivity index (χ1n) is 9.34. The highest BCUT2D eigenvalue weighted by molar-refractivity contribution is 5.84. The number of nitrogens with one attached hydrogen (secondary N) is 2. The molecular formula is C21H26N4O2. The van der Waals surface area contributed by atoms with Crippen LogP contribution in [0, 0.1) is 0 Å². The molecule has 2 N–H and O–H groups in total. The molecule has 0 spiro atoms. The molecule has 0 unspecified atom stereocenters. The number of nitrogens with zero attached hydrogens (tertiary/aromatic N) is 2. The van der Waals surface area contributed by atoms with Crippen LogP contribution in [0.15, 0.2) is 29.2 Å². The van der Waals surface area contributed by atoms with Gasteiger partial charge in [0, 0.05) is 47.7 Å². The van der Waals surface area contributed by atoms with E-state index in [1.807, 2.05) is 12.1 Å². The Morgan fingerprint density at radius 1 is 1.30 bits per heavy atom. The van der Waals surface area contributed by atoms with E-state index >= 15 is 0 Å². The van der Waals surface area contributed by atoms with Crippen LogP contribution in [0.3, 0.4) is 0 Å². The van der Waals surface area contributed by atoms with Crippen molar-refractivity contribution in [3.05, 3.63) is 57.4 Å². The molecule has 6 heteroatoms. The lowest BCUT2D eigenvalue weighted by atomic mass is 9.95. The van der Waals surface area contributed by atoms with Crippen LogP contribution in [0.1, 0.15) is 43.4 Å². The Bertz CT molecular complexity index is 1040. The van der Waals surface area contributed by atoms with Crippen molar-refractivity contribution in [2.75, 3.05) is 13.7 Å². The maximum atomic E-state index is 12.5. The fourth-order valence-corrected chi connectivity index (χ4v) is 3.64. The van der Waals surface area contributed by atoms with Crippen molar-refractivity contribution in [1.29, 1.82) is 0 Å². The zero-order valence-electron chi connectivity index (χ0n) is 16.3. The van der Waals surface area contributed by atoms with Gasteiger partial charge in [-0.15, -0.1) is 0 Å². The molecule has 0 bridgehead atoms. The summed E-state index contributed by atoms with van der Waals surface area (Å²) >= 11 is 0. The maximum absolute atomic E-state index is 12.5. The van der Waals surface area contributed by atoms with Gasteiger partial charge in [0.1, 0.15) is 11.6 Å². The predicted octanol–water partition coefficient (Wildman–Crippen LogP) is 3.12. The molecule has 1 aliphatic heterocycles. The molecule has 0 saturated carbocycles. The van der Waals surface area contributed by atoms with Gasteiger partial charge in [0.15, 0.2) is 0 Å². The van der Waals surface area contributed by atoms with Crippen molar-refractivity contribution in [1.82, 2.24) is 19.9 Å². The molecule has 0 amide bonds. The second-order valence-electron chi connectivity index (χ2n) is 8.28. The van der Waals surface area contributed by atoms with E-state index < -0.39 is 0 Å². The fourth-order valence-electron chi connectivity index (χ4n) is 3.64. The maximum Gasteiger partial charge on any atom is 0.254 e.